The van der Waals surface area contributed by atoms with E-state index in [1.165, 1.54) is 77.6 Å². The molecule has 0 aliphatic rings. The molecule has 2 nitrogen and oxygen atoms in total. The van der Waals surface area contributed by atoms with E-state index >= 15 is 0 Å². The van der Waals surface area contributed by atoms with Crippen LogP contribution < -0.4 is 0 Å². The summed E-state index contributed by atoms with van der Waals surface area (Å²) in [6, 6.07) is 0. The SMILES string of the molecule is CCCCCCCCCCC/C=C/CCCCCOC(C)=O. The Labute approximate surface area is 138 Å². The molecule has 0 saturated heterocycles. The molecule has 22 heavy (non-hydrogen) atoms. The molecule has 0 spiro atoms. The Bertz CT molecular complexity index is 258. The molecule has 0 rings (SSSR count). The second-order valence-corrected chi connectivity index (χ2v) is 6.28. The molecule has 0 atom stereocenters. The molecule has 0 fully saturated rings. The number of hydrogen-bond acceptors (Lipinski definition) is 2. The summed E-state index contributed by atoms with van der Waals surface area (Å²) in [6.07, 6.45) is 23.0. The van der Waals surface area contributed by atoms with Crippen LogP contribution in [0.15, 0.2) is 12.2 Å². The van der Waals surface area contributed by atoms with Crippen molar-refractivity contribution in [1.29, 1.82) is 0 Å². The molecular weight excluding hydrogens is 272 g/mol. The van der Waals surface area contributed by atoms with Gasteiger partial charge >= 0.3 is 5.97 Å². The molecule has 0 aromatic rings. The van der Waals surface area contributed by atoms with Crippen LogP contribution in [0.2, 0.25) is 0 Å². The van der Waals surface area contributed by atoms with Crippen LogP contribution in [0.4, 0.5) is 0 Å². The molecule has 0 aliphatic heterocycles. The summed E-state index contributed by atoms with van der Waals surface area (Å²) < 4.78 is 4.90. The van der Waals surface area contributed by atoms with Crippen molar-refractivity contribution in [1.82, 2.24) is 0 Å². The first-order valence-corrected chi connectivity index (χ1v) is 9.55. The first kappa shape index (κ1) is 21.2. The van der Waals surface area contributed by atoms with Gasteiger partial charge in [-0.1, -0.05) is 70.4 Å². The van der Waals surface area contributed by atoms with Crippen molar-refractivity contribution in [3.05, 3.63) is 12.2 Å². The lowest BCUT2D eigenvalue weighted by molar-refractivity contribution is -0.141. The average molecular weight is 311 g/mol. The van der Waals surface area contributed by atoms with Crippen molar-refractivity contribution in [3.63, 3.8) is 0 Å². The molecule has 0 radical (unpaired) electrons. The van der Waals surface area contributed by atoms with E-state index in [1.807, 2.05) is 0 Å². The van der Waals surface area contributed by atoms with Gasteiger partial charge in [-0.25, -0.2) is 0 Å². The molecule has 0 bridgehead atoms. The maximum atomic E-state index is 10.6. The quantitative estimate of drug-likeness (QED) is 0.183. The summed E-state index contributed by atoms with van der Waals surface area (Å²) in [5, 5.41) is 0. The lowest BCUT2D eigenvalue weighted by Gasteiger charge is -2.01. The van der Waals surface area contributed by atoms with Gasteiger partial charge in [0.05, 0.1) is 6.61 Å². The Hall–Kier alpha value is -0.790. The summed E-state index contributed by atoms with van der Waals surface area (Å²) in [5.41, 5.74) is 0. The van der Waals surface area contributed by atoms with Crippen molar-refractivity contribution in [2.75, 3.05) is 6.61 Å². The standard InChI is InChI=1S/C20H38O2/c1-3-4-5-6-7-8-9-10-11-12-13-14-15-16-17-18-19-22-20(2)21/h13-14H,3-12,15-19H2,1-2H3/b14-13+. The topological polar surface area (TPSA) is 26.3 Å². The Morgan fingerprint density at radius 3 is 1.68 bits per heavy atom. The molecule has 0 aliphatic carbocycles. The predicted molar refractivity (Wildman–Crippen MR) is 96.1 cm³/mol. The van der Waals surface area contributed by atoms with Crippen LogP contribution in [0.25, 0.3) is 0 Å². The Morgan fingerprint density at radius 1 is 0.727 bits per heavy atom. The number of carbonyl (C=O) groups excluding carboxylic acids is 1. The molecule has 0 aromatic carbocycles. The molecular formula is C20H38O2. The monoisotopic (exact) mass is 310 g/mol. The van der Waals surface area contributed by atoms with Gasteiger partial charge in [0.15, 0.2) is 0 Å². The van der Waals surface area contributed by atoms with E-state index in [4.69, 9.17) is 4.74 Å². The summed E-state index contributed by atoms with van der Waals surface area (Å²) in [6.45, 7) is 4.32. The van der Waals surface area contributed by atoms with Crippen LogP contribution in [0.5, 0.6) is 0 Å². The maximum Gasteiger partial charge on any atom is 0.302 e. The van der Waals surface area contributed by atoms with Gasteiger partial charge in [0.2, 0.25) is 0 Å². The minimum absolute atomic E-state index is 0.166. The number of unbranched alkanes of at least 4 members (excludes halogenated alkanes) is 12. The van der Waals surface area contributed by atoms with E-state index < -0.39 is 0 Å². The minimum atomic E-state index is -0.166. The fourth-order valence-electron chi connectivity index (χ4n) is 2.57. The van der Waals surface area contributed by atoms with Gasteiger partial charge in [0.25, 0.3) is 0 Å². The number of hydrogen-bond donors (Lipinski definition) is 0. The molecule has 0 unspecified atom stereocenters. The van der Waals surface area contributed by atoms with Gasteiger partial charge in [0, 0.05) is 6.92 Å². The van der Waals surface area contributed by atoms with E-state index in [0.29, 0.717) is 6.61 Å². The summed E-state index contributed by atoms with van der Waals surface area (Å²) in [7, 11) is 0. The van der Waals surface area contributed by atoms with Crippen molar-refractivity contribution in [2.45, 2.75) is 104 Å². The fourth-order valence-corrected chi connectivity index (χ4v) is 2.57. The molecule has 130 valence electrons. The van der Waals surface area contributed by atoms with Gasteiger partial charge in [-0.2, -0.15) is 0 Å². The highest BCUT2D eigenvalue weighted by molar-refractivity contribution is 5.65. The third-order valence-electron chi connectivity index (χ3n) is 3.96. The van der Waals surface area contributed by atoms with Gasteiger partial charge in [-0.3, -0.25) is 4.79 Å². The number of rotatable bonds is 16. The summed E-state index contributed by atoms with van der Waals surface area (Å²) in [5.74, 6) is -0.166. The first-order chi connectivity index (χ1) is 10.8. The zero-order valence-electron chi connectivity index (χ0n) is 15.1. The summed E-state index contributed by atoms with van der Waals surface area (Å²) in [4.78, 5) is 10.6. The lowest BCUT2D eigenvalue weighted by Crippen LogP contribution is -1.99. The van der Waals surface area contributed by atoms with Crippen LogP contribution in [-0.4, -0.2) is 12.6 Å². The average Bonchev–Trinajstić information content (AvgIpc) is 2.50. The summed E-state index contributed by atoms with van der Waals surface area (Å²) >= 11 is 0. The molecule has 0 heterocycles. The number of ether oxygens (including phenoxy) is 1. The number of esters is 1. The van der Waals surface area contributed by atoms with Crippen molar-refractivity contribution in [2.24, 2.45) is 0 Å². The maximum absolute atomic E-state index is 10.6. The van der Waals surface area contributed by atoms with Gasteiger partial charge < -0.3 is 4.74 Å². The van der Waals surface area contributed by atoms with Crippen LogP contribution in [-0.2, 0) is 9.53 Å². The zero-order valence-corrected chi connectivity index (χ0v) is 15.1. The van der Waals surface area contributed by atoms with Crippen LogP contribution in [0.3, 0.4) is 0 Å². The van der Waals surface area contributed by atoms with Crippen LogP contribution in [0.1, 0.15) is 104 Å². The predicted octanol–water partition coefficient (Wildman–Crippen LogP) is 6.59. The van der Waals surface area contributed by atoms with Crippen LogP contribution in [0, 0.1) is 0 Å². The van der Waals surface area contributed by atoms with Crippen molar-refractivity contribution < 1.29 is 9.53 Å². The van der Waals surface area contributed by atoms with Crippen molar-refractivity contribution >= 4 is 5.97 Å². The van der Waals surface area contributed by atoms with E-state index in [1.54, 1.807) is 0 Å². The molecule has 2 heteroatoms. The normalized spacial score (nSPS) is 11.2. The largest absolute Gasteiger partial charge is 0.466 e. The first-order valence-electron chi connectivity index (χ1n) is 9.55. The van der Waals surface area contributed by atoms with E-state index in [-0.39, 0.29) is 5.97 Å². The van der Waals surface area contributed by atoms with E-state index in [9.17, 15) is 4.79 Å². The van der Waals surface area contributed by atoms with Crippen molar-refractivity contribution in [3.8, 4) is 0 Å². The number of allylic oxidation sites excluding steroid dienone is 2. The van der Waals surface area contributed by atoms with E-state index in [0.717, 1.165) is 19.3 Å². The van der Waals surface area contributed by atoms with Gasteiger partial charge in [0.1, 0.15) is 0 Å². The second-order valence-electron chi connectivity index (χ2n) is 6.28. The Balaban J connectivity index is 3.07. The van der Waals surface area contributed by atoms with E-state index in [2.05, 4.69) is 19.1 Å². The molecule has 0 aromatic heterocycles. The van der Waals surface area contributed by atoms with Gasteiger partial charge in [-0.05, 0) is 38.5 Å². The van der Waals surface area contributed by atoms with Crippen LogP contribution >= 0.6 is 0 Å². The highest BCUT2D eigenvalue weighted by Gasteiger charge is 1.93. The Morgan fingerprint density at radius 2 is 1.18 bits per heavy atom. The molecule has 0 N–H and O–H groups in total. The fraction of sp³-hybridized carbons (Fsp3) is 0.850. The highest BCUT2D eigenvalue weighted by Crippen LogP contribution is 2.11. The van der Waals surface area contributed by atoms with Gasteiger partial charge in [-0.15, -0.1) is 0 Å². The highest BCUT2D eigenvalue weighted by atomic mass is 16.5. The third-order valence-corrected chi connectivity index (χ3v) is 3.96. The molecule has 0 amide bonds. The third kappa shape index (κ3) is 19.2. The lowest BCUT2D eigenvalue weighted by atomic mass is 10.1. The molecule has 0 saturated carbocycles. The smallest absolute Gasteiger partial charge is 0.302 e. The second kappa shape index (κ2) is 18.3. The number of carbonyl (C=O) groups is 1. The Kier molecular flexibility index (Phi) is 17.6. The minimum Gasteiger partial charge on any atom is -0.466 e. The zero-order chi connectivity index (χ0) is 16.3.